The van der Waals surface area contributed by atoms with Crippen molar-refractivity contribution in [1.29, 1.82) is 0 Å². The van der Waals surface area contributed by atoms with Crippen LogP contribution in [0, 0.1) is 0 Å². The summed E-state index contributed by atoms with van der Waals surface area (Å²) in [6.45, 7) is 0. The van der Waals surface area contributed by atoms with Crippen molar-refractivity contribution in [1.82, 2.24) is 24.5 Å². The van der Waals surface area contributed by atoms with Crippen LogP contribution in [0.25, 0.3) is 28.2 Å². The molecule has 0 aliphatic rings. The highest BCUT2D eigenvalue weighted by molar-refractivity contribution is 5.90. The minimum absolute atomic E-state index is 0.193. The van der Waals surface area contributed by atoms with Crippen LogP contribution < -0.4 is 5.76 Å². The molecule has 0 saturated heterocycles. The Bertz CT molecular complexity index is 1160. The van der Waals surface area contributed by atoms with Crippen molar-refractivity contribution in [2.24, 2.45) is 7.05 Å². The molecule has 0 amide bonds. The van der Waals surface area contributed by atoms with Gasteiger partial charge in [0.15, 0.2) is 5.65 Å². The molecule has 4 rings (SSSR count). The van der Waals surface area contributed by atoms with Gasteiger partial charge in [0.25, 0.3) is 0 Å². The molecule has 0 unspecified atom stereocenters. The Hall–Kier alpha value is -3.43. The first-order chi connectivity index (χ1) is 12.4. The third-order valence-electron chi connectivity index (χ3n) is 3.90. The molecule has 0 N–H and O–H groups in total. The van der Waals surface area contributed by atoms with Crippen LogP contribution in [-0.4, -0.2) is 24.5 Å². The lowest BCUT2D eigenvalue weighted by atomic mass is 10.2. The fourth-order valence-electron chi connectivity index (χ4n) is 2.58. The van der Waals surface area contributed by atoms with E-state index in [1.165, 1.54) is 34.6 Å². The van der Waals surface area contributed by atoms with Crippen LogP contribution in [0.15, 0.2) is 51.9 Å². The van der Waals surface area contributed by atoms with Crippen molar-refractivity contribution >= 4 is 11.0 Å². The lowest BCUT2D eigenvalue weighted by Crippen LogP contribution is -2.10. The standard InChI is InChI=1S/C16H10F3N5O2/c1-23-14(22-26-15(23)25)12-11-3-2-8-20-13(11)24(21-12)10-6-4-9(5-7-10)16(17,18)19/h2-8H,1H3. The first kappa shape index (κ1) is 16.1. The summed E-state index contributed by atoms with van der Waals surface area (Å²) in [5, 5.41) is 8.68. The van der Waals surface area contributed by atoms with E-state index in [1.807, 2.05) is 0 Å². The second-order valence-electron chi connectivity index (χ2n) is 5.51. The molecule has 0 fully saturated rings. The zero-order valence-corrected chi connectivity index (χ0v) is 13.2. The Balaban J connectivity index is 1.92. The maximum Gasteiger partial charge on any atom is 0.441 e. The van der Waals surface area contributed by atoms with Crippen LogP contribution in [0.2, 0.25) is 0 Å². The van der Waals surface area contributed by atoms with Crippen LogP contribution in [-0.2, 0) is 13.2 Å². The average Bonchev–Trinajstić information content (AvgIpc) is 3.15. The number of hydrogen-bond donors (Lipinski definition) is 0. The zero-order valence-electron chi connectivity index (χ0n) is 13.2. The number of pyridine rings is 1. The predicted molar refractivity (Wildman–Crippen MR) is 84.6 cm³/mol. The van der Waals surface area contributed by atoms with E-state index in [2.05, 4.69) is 19.8 Å². The monoisotopic (exact) mass is 361 g/mol. The van der Waals surface area contributed by atoms with Crippen LogP contribution in [0.5, 0.6) is 0 Å². The first-order valence-electron chi connectivity index (χ1n) is 7.41. The number of benzene rings is 1. The number of rotatable bonds is 2. The molecule has 0 radical (unpaired) electrons. The number of alkyl halides is 3. The van der Waals surface area contributed by atoms with Crippen LogP contribution in [0.1, 0.15) is 5.56 Å². The number of aromatic nitrogens is 5. The van der Waals surface area contributed by atoms with Gasteiger partial charge in [-0.25, -0.2) is 14.5 Å². The predicted octanol–water partition coefficient (Wildman–Crippen LogP) is 2.79. The van der Waals surface area contributed by atoms with Crippen molar-refractivity contribution < 1.29 is 17.7 Å². The highest BCUT2D eigenvalue weighted by atomic mass is 19.4. The van der Waals surface area contributed by atoms with E-state index in [1.54, 1.807) is 12.1 Å². The lowest BCUT2D eigenvalue weighted by Gasteiger charge is -2.08. The highest BCUT2D eigenvalue weighted by Gasteiger charge is 2.30. The van der Waals surface area contributed by atoms with Gasteiger partial charge in [-0.05, 0) is 36.4 Å². The van der Waals surface area contributed by atoms with Gasteiger partial charge in [0, 0.05) is 13.2 Å². The van der Waals surface area contributed by atoms with E-state index in [-0.39, 0.29) is 5.82 Å². The largest absolute Gasteiger partial charge is 0.441 e. The molecule has 0 spiro atoms. The molecular formula is C16H10F3N5O2. The van der Waals surface area contributed by atoms with Crippen LogP contribution in [0.4, 0.5) is 13.2 Å². The molecular weight excluding hydrogens is 351 g/mol. The molecule has 10 heteroatoms. The Morgan fingerprint density at radius 2 is 1.85 bits per heavy atom. The first-order valence-corrected chi connectivity index (χ1v) is 7.41. The van der Waals surface area contributed by atoms with Gasteiger partial charge in [0.05, 0.1) is 16.6 Å². The van der Waals surface area contributed by atoms with Crippen molar-refractivity contribution in [3.05, 3.63) is 58.7 Å². The fourth-order valence-corrected chi connectivity index (χ4v) is 2.58. The number of fused-ring (bicyclic) bond motifs is 1. The topological polar surface area (TPSA) is 78.7 Å². The van der Waals surface area contributed by atoms with Crippen LogP contribution >= 0.6 is 0 Å². The molecule has 3 heterocycles. The summed E-state index contributed by atoms with van der Waals surface area (Å²) in [7, 11) is 1.48. The molecule has 3 aromatic heterocycles. The van der Waals surface area contributed by atoms with Crippen LogP contribution in [0.3, 0.4) is 0 Å². The number of halogens is 3. The maximum atomic E-state index is 12.8. The molecule has 0 saturated carbocycles. The van der Waals surface area contributed by atoms with Gasteiger partial charge in [0.2, 0.25) is 5.82 Å². The van der Waals surface area contributed by atoms with Gasteiger partial charge >= 0.3 is 11.9 Å². The maximum absolute atomic E-state index is 12.8. The zero-order chi connectivity index (χ0) is 18.5. The minimum Gasteiger partial charge on any atom is -0.295 e. The number of nitrogens with zero attached hydrogens (tertiary/aromatic N) is 5. The average molecular weight is 361 g/mol. The van der Waals surface area contributed by atoms with Gasteiger partial charge in [-0.15, -0.1) is 0 Å². The van der Waals surface area contributed by atoms with Gasteiger partial charge in [-0.3, -0.25) is 9.09 Å². The van der Waals surface area contributed by atoms with Gasteiger partial charge < -0.3 is 0 Å². The third kappa shape index (κ3) is 2.46. The van der Waals surface area contributed by atoms with Gasteiger partial charge in [0.1, 0.15) is 5.69 Å². The van der Waals surface area contributed by atoms with Gasteiger partial charge in [-0.1, -0.05) is 5.16 Å². The number of hydrogen-bond acceptors (Lipinski definition) is 5. The minimum atomic E-state index is -4.42. The quantitative estimate of drug-likeness (QED) is 0.549. The Kier molecular flexibility index (Phi) is 3.43. The van der Waals surface area contributed by atoms with Crippen molar-refractivity contribution in [3.8, 4) is 17.2 Å². The Morgan fingerprint density at radius 3 is 2.46 bits per heavy atom. The van der Waals surface area contributed by atoms with E-state index in [0.717, 1.165) is 12.1 Å². The molecule has 0 aliphatic carbocycles. The summed E-state index contributed by atoms with van der Waals surface area (Å²) < 4.78 is 45.5. The third-order valence-corrected chi connectivity index (χ3v) is 3.90. The Morgan fingerprint density at radius 1 is 1.12 bits per heavy atom. The van der Waals surface area contributed by atoms with E-state index in [4.69, 9.17) is 0 Å². The van der Waals surface area contributed by atoms with E-state index in [0.29, 0.717) is 22.4 Å². The molecule has 1 aromatic carbocycles. The molecule has 0 atom stereocenters. The van der Waals surface area contributed by atoms with Gasteiger partial charge in [-0.2, -0.15) is 18.3 Å². The molecule has 7 nitrogen and oxygen atoms in total. The second-order valence-corrected chi connectivity index (χ2v) is 5.51. The van der Waals surface area contributed by atoms with E-state index in [9.17, 15) is 18.0 Å². The fraction of sp³-hybridized carbons (Fsp3) is 0.125. The highest BCUT2D eigenvalue weighted by Crippen LogP contribution is 2.31. The summed E-state index contributed by atoms with van der Waals surface area (Å²) in [6.07, 6.45) is -2.89. The summed E-state index contributed by atoms with van der Waals surface area (Å²) in [5.41, 5.74) is 0.380. The normalized spacial score (nSPS) is 12.0. The molecule has 132 valence electrons. The van der Waals surface area contributed by atoms with E-state index >= 15 is 0 Å². The van der Waals surface area contributed by atoms with Crippen molar-refractivity contribution in [3.63, 3.8) is 0 Å². The summed E-state index contributed by atoms with van der Waals surface area (Å²) >= 11 is 0. The van der Waals surface area contributed by atoms with Crippen molar-refractivity contribution in [2.75, 3.05) is 0 Å². The molecule has 0 aliphatic heterocycles. The SMILES string of the molecule is Cn1c(-c2nn(-c3ccc(C(F)(F)F)cc3)c3ncccc23)noc1=O. The smallest absolute Gasteiger partial charge is 0.295 e. The summed E-state index contributed by atoms with van der Waals surface area (Å²) in [6, 6.07) is 7.95. The lowest BCUT2D eigenvalue weighted by molar-refractivity contribution is -0.137. The molecule has 26 heavy (non-hydrogen) atoms. The summed E-state index contributed by atoms with van der Waals surface area (Å²) in [4.78, 5) is 15.8. The second kappa shape index (κ2) is 5.55. The van der Waals surface area contributed by atoms with Crippen molar-refractivity contribution in [2.45, 2.75) is 6.18 Å². The molecule has 0 bridgehead atoms. The molecule has 4 aromatic rings. The van der Waals surface area contributed by atoms with E-state index < -0.39 is 17.5 Å². The summed E-state index contributed by atoms with van der Waals surface area (Å²) in [5.74, 6) is -0.459. The Labute approximate surface area is 143 Å².